The van der Waals surface area contributed by atoms with E-state index in [4.69, 9.17) is 5.73 Å². The third-order valence-corrected chi connectivity index (χ3v) is 4.17. The van der Waals surface area contributed by atoms with Gasteiger partial charge in [0.05, 0.1) is 12.2 Å². The lowest BCUT2D eigenvalue weighted by Crippen LogP contribution is -2.44. The average Bonchev–Trinajstić information content (AvgIpc) is 2.72. The Morgan fingerprint density at radius 3 is 3.06 bits per heavy atom. The van der Waals surface area contributed by atoms with Crippen molar-refractivity contribution < 1.29 is 0 Å². The highest BCUT2D eigenvalue weighted by Gasteiger charge is 2.23. The maximum Gasteiger partial charge on any atom is 0.124 e. The Kier molecular flexibility index (Phi) is 3.52. The molecular weight excluding hydrogens is 226 g/mol. The molecule has 2 fully saturated rings. The van der Waals surface area contributed by atoms with E-state index in [1.54, 1.807) is 0 Å². The molecule has 1 aliphatic carbocycles. The molecule has 100 valence electrons. The smallest absolute Gasteiger partial charge is 0.124 e. The standard InChI is InChI=1S/C13H23N5/c14-11-3-1-2-10(6-11)7-16-13-4-5-17-18(13)12-8-15-9-12/h4-5,10-12,15-16H,1-3,6-9,14H2. The van der Waals surface area contributed by atoms with E-state index in [1.807, 2.05) is 6.20 Å². The number of anilines is 1. The SMILES string of the molecule is NC1CCCC(CNc2ccnn2C2CNC2)C1. The monoisotopic (exact) mass is 249 g/mol. The van der Waals surface area contributed by atoms with Crippen LogP contribution in [-0.4, -0.2) is 35.5 Å². The fraction of sp³-hybridized carbons (Fsp3) is 0.769. The molecule has 0 radical (unpaired) electrons. The number of nitrogens with two attached hydrogens (primary N) is 1. The minimum Gasteiger partial charge on any atom is -0.370 e. The molecule has 18 heavy (non-hydrogen) atoms. The van der Waals surface area contributed by atoms with Gasteiger partial charge in [-0.25, -0.2) is 4.68 Å². The summed E-state index contributed by atoms with van der Waals surface area (Å²) in [4.78, 5) is 0. The summed E-state index contributed by atoms with van der Waals surface area (Å²) in [6.07, 6.45) is 6.82. The minimum atomic E-state index is 0.409. The normalized spacial score (nSPS) is 28.9. The van der Waals surface area contributed by atoms with E-state index in [0.29, 0.717) is 12.1 Å². The highest BCUT2D eigenvalue weighted by atomic mass is 15.4. The van der Waals surface area contributed by atoms with Crippen LogP contribution < -0.4 is 16.4 Å². The predicted octanol–water partition coefficient (Wildman–Crippen LogP) is 0.957. The Balaban J connectivity index is 1.54. The molecule has 0 amide bonds. The molecule has 5 heteroatoms. The van der Waals surface area contributed by atoms with Gasteiger partial charge in [0.15, 0.2) is 0 Å². The van der Waals surface area contributed by atoms with E-state index in [2.05, 4.69) is 26.5 Å². The van der Waals surface area contributed by atoms with Crippen LogP contribution in [0.1, 0.15) is 31.7 Å². The quantitative estimate of drug-likeness (QED) is 0.743. The van der Waals surface area contributed by atoms with Crippen LogP contribution >= 0.6 is 0 Å². The summed E-state index contributed by atoms with van der Waals surface area (Å²) in [7, 11) is 0. The number of nitrogens with zero attached hydrogens (tertiary/aromatic N) is 2. The lowest BCUT2D eigenvalue weighted by molar-refractivity contribution is 0.317. The highest BCUT2D eigenvalue weighted by molar-refractivity contribution is 5.35. The van der Waals surface area contributed by atoms with Crippen LogP contribution in [-0.2, 0) is 0 Å². The number of hydrogen-bond acceptors (Lipinski definition) is 4. The van der Waals surface area contributed by atoms with Crippen LogP contribution in [0.3, 0.4) is 0 Å². The first kappa shape index (κ1) is 12.0. The molecule has 5 nitrogen and oxygen atoms in total. The van der Waals surface area contributed by atoms with Gasteiger partial charge in [0.2, 0.25) is 0 Å². The second-order valence-corrected chi connectivity index (χ2v) is 5.65. The summed E-state index contributed by atoms with van der Waals surface area (Å²) in [5, 5.41) is 11.2. The average molecular weight is 249 g/mol. The van der Waals surface area contributed by atoms with E-state index in [0.717, 1.165) is 37.8 Å². The molecular formula is C13H23N5. The molecule has 1 saturated heterocycles. The van der Waals surface area contributed by atoms with Crippen molar-refractivity contribution in [1.82, 2.24) is 15.1 Å². The Hall–Kier alpha value is -1.07. The van der Waals surface area contributed by atoms with Crippen LogP contribution in [0.2, 0.25) is 0 Å². The first-order chi connectivity index (χ1) is 8.83. The highest BCUT2D eigenvalue weighted by Crippen LogP contribution is 2.24. The third kappa shape index (κ3) is 2.52. The van der Waals surface area contributed by atoms with Crippen molar-refractivity contribution in [3.8, 4) is 0 Å². The topological polar surface area (TPSA) is 67.9 Å². The first-order valence-electron chi connectivity index (χ1n) is 7.06. The maximum atomic E-state index is 6.03. The van der Waals surface area contributed by atoms with Gasteiger partial charge in [-0.05, 0) is 25.2 Å². The Labute approximate surface area is 108 Å². The zero-order valence-electron chi connectivity index (χ0n) is 10.8. The summed E-state index contributed by atoms with van der Waals surface area (Å²) in [5.74, 6) is 1.87. The molecule has 1 aliphatic heterocycles. The predicted molar refractivity (Wildman–Crippen MR) is 72.6 cm³/mol. The van der Waals surface area contributed by atoms with Crippen molar-refractivity contribution in [3.63, 3.8) is 0 Å². The molecule has 4 N–H and O–H groups in total. The first-order valence-corrected chi connectivity index (χ1v) is 7.06. The second-order valence-electron chi connectivity index (χ2n) is 5.65. The lowest BCUT2D eigenvalue weighted by Gasteiger charge is -2.30. The Morgan fingerprint density at radius 2 is 2.33 bits per heavy atom. The van der Waals surface area contributed by atoms with Crippen molar-refractivity contribution in [3.05, 3.63) is 12.3 Å². The summed E-state index contributed by atoms with van der Waals surface area (Å²) >= 11 is 0. The molecule has 1 saturated carbocycles. The van der Waals surface area contributed by atoms with Gasteiger partial charge < -0.3 is 16.4 Å². The molecule has 0 bridgehead atoms. The van der Waals surface area contributed by atoms with Gasteiger partial charge in [-0.2, -0.15) is 5.10 Å². The lowest BCUT2D eigenvalue weighted by atomic mass is 9.86. The van der Waals surface area contributed by atoms with Crippen LogP contribution in [0, 0.1) is 5.92 Å². The summed E-state index contributed by atoms with van der Waals surface area (Å²) < 4.78 is 2.11. The van der Waals surface area contributed by atoms with Gasteiger partial charge in [0.25, 0.3) is 0 Å². The molecule has 1 aromatic heterocycles. The third-order valence-electron chi connectivity index (χ3n) is 4.17. The number of rotatable bonds is 4. The fourth-order valence-electron chi connectivity index (χ4n) is 2.96. The minimum absolute atomic E-state index is 0.409. The Morgan fingerprint density at radius 1 is 1.44 bits per heavy atom. The molecule has 2 unspecified atom stereocenters. The second kappa shape index (κ2) is 5.28. The van der Waals surface area contributed by atoms with Crippen LogP contribution in [0.25, 0.3) is 0 Å². The van der Waals surface area contributed by atoms with Crippen molar-refractivity contribution in [2.45, 2.75) is 37.8 Å². The molecule has 2 aliphatic rings. The number of nitrogens with one attached hydrogen (secondary N) is 2. The number of aromatic nitrogens is 2. The van der Waals surface area contributed by atoms with Gasteiger partial charge in [0.1, 0.15) is 5.82 Å². The van der Waals surface area contributed by atoms with Crippen LogP contribution in [0.15, 0.2) is 12.3 Å². The van der Waals surface area contributed by atoms with E-state index >= 15 is 0 Å². The molecule has 2 atom stereocenters. The molecule has 0 aromatic carbocycles. The zero-order valence-corrected chi connectivity index (χ0v) is 10.8. The van der Waals surface area contributed by atoms with Crippen molar-refractivity contribution in [1.29, 1.82) is 0 Å². The van der Waals surface area contributed by atoms with Gasteiger partial charge in [-0.1, -0.05) is 6.42 Å². The van der Waals surface area contributed by atoms with Crippen molar-refractivity contribution in [2.24, 2.45) is 11.7 Å². The van der Waals surface area contributed by atoms with E-state index in [-0.39, 0.29) is 0 Å². The molecule has 2 heterocycles. The fourth-order valence-corrected chi connectivity index (χ4v) is 2.96. The van der Waals surface area contributed by atoms with E-state index in [9.17, 15) is 0 Å². The van der Waals surface area contributed by atoms with Gasteiger partial charge >= 0.3 is 0 Å². The van der Waals surface area contributed by atoms with Gasteiger partial charge in [-0.3, -0.25) is 0 Å². The summed E-state index contributed by atoms with van der Waals surface area (Å²) in [6, 6.07) is 3.00. The molecule has 0 spiro atoms. The van der Waals surface area contributed by atoms with E-state index < -0.39 is 0 Å². The molecule has 1 aromatic rings. The van der Waals surface area contributed by atoms with Gasteiger partial charge in [0, 0.05) is 31.7 Å². The maximum absolute atomic E-state index is 6.03. The zero-order chi connectivity index (χ0) is 12.4. The largest absolute Gasteiger partial charge is 0.370 e. The Bertz CT molecular complexity index is 384. The van der Waals surface area contributed by atoms with E-state index in [1.165, 1.54) is 19.3 Å². The van der Waals surface area contributed by atoms with Crippen LogP contribution in [0.5, 0.6) is 0 Å². The van der Waals surface area contributed by atoms with Crippen molar-refractivity contribution >= 4 is 5.82 Å². The number of hydrogen-bond donors (Lipinski definition) is 3. The molecule has 3 rings (SSSR count). The van der Waals surface area contributed by atoms with Gasteiger partial charge in [-0.15, -0.1) is 0 Å². The van der Waals surface area contributed by atoms with Crippen molar-refractivity contribution in [2.75, 3.05) is 25.0 Å². The summed E-state index contributed by atoms with van der Waals surface area (Å²) in [5.41, 5.74) is 6.03. The van der Waals surface area contributed by atoms with Crippen LogP contribution in [0.4, 0.5) is 5.82 Å². The summed E-state index contributed by atoms with van der Waals surface area (Å²) in [6.45, 7) is 3.09.